The van der Waals surface area contributed by atoms with Crippen molar-refractivity contribution in [3.05, 3.63) is 0 Å². The number of hydrogen-bond donors (Lipinski definition) is 1. The summed E-state index contributed by atoms with van der Waals surface area (Å²) in [7, 11) is -3.14. The van der Waals surface area contributed by atoms with Crippen LogP contribution in [-0.2, 0) is 19.6 Å². The highest BCUT2D eigenvalue weighted by atomic mass is 32.2. The molecule has 0 spiro atoms. The van der Waals surface area contributed by atoms with Gasteiger partial charge in [-0.1, -0.05) is 13.3 Å². The van der Waals surface area contributed by atoms with Gasteiger partial charge >= 0.3 is 5.97 Å². The molecular weight excluding hydrogens is 268 g/mol. The fourth-order valence-corrected chi connectivity index (χ4v) is 2.91. The third-order valence-electron chi connectivity index (χ3n) is 3.08. The molecule has 0 unspecified atom stereocenters. The molecule has 1 rings (SSSR count). The zero-order valence-corrected chi connectivity index (χ0v) is 12.5. The highest BCUT2D eigenvalue weighted by Crippen LogP contribution is 2.10. The van der Waals surface area contributed by atoms with Crippen molar-refractivity contribution in [3.8, 4) is 0 Å². The lowest BCUT2D eigenvalue weighted by atomic mass is 10.1. The van der Waals surface area contributed by atoms with Crippen LogP contribution < -0.4 is 4.72 Å². The molecule has 1 fully saturated rings. The molecule has 19 heavy (non-hydrogen) atoms. The Balaban J connectivity index is 2.21. The number of carbonyl (C=O) groups is 1. The molecule has 1 N–H and O–H groups in total. The number of hydrogen-bond acceptors (Lipinski definition) is 5. The molecule has 1 saturated heterocycles. The number of nitrogens with zero attached hydrogens (tertiary/aromatic N) is 1. The predicted octanol–water partition coefficient (Wildman–Crippen LogP) is 0.343. The van der Waals surface area contributed by atoms with Gasteiger partial charge in [0.2, 0.25) is 10.0 Å². The number of carbonyl (C=O) groups excluding carboxylic acids is 1. The zero-order chi connectivity index (χ0) is 14.3. The van der Waals surface area contributed by atoms with Crippen molar-refractivity contribution in [3.63, 3.8) is 0 Å². The molecular formula is C12H24N2O4S. The van der Waals surface area contributed by atoms with Crippen molar-refractivity contribution in [2.75, 3.05) is 32.5 Å². The van der Waals surface area contributed by atoms with Crippen LogP contribution in [0.4, 0.5) is 0 Å². The van der Waals surface area contributed by atoms with Gasteiger partial charge in [-0.25, -0.2) is 13.1 Å². The Morgan fingerprint density at radius 3 is 2.53 bits per heavy atom. The van der Waals surface area contributed by atoms with Crippen molar-refractivity contribution in [1.82, 2.24) is 9.62 Å². The Morgan fingerprint density at radius 2 is 2.00 bits per heavy atom. The van der Waals surface area contributed by atoms with E-state index in [-0.39, 0.29) is 12.0 Å². The minimum atomic E-state index is -3.14. The Labute approximate surface area is 115 Å². The molecule has 0 saturated carbocycles. The summed E-state index contributed by atoms with van der Waals surface area (Å²) >= 11 is 0. The van der Waals surface area contributed by atoms with Crippen molar-refractivity contribution in [1.29, 1.82) is 0 Å². The fraction of sp³-hybridized carbons (Fsp3) is 0.917. The first-order valence-corrected chi connectivity index (χ1v) is 8.65. The van der Waals surface area contributed by atoms with E-state index in [4.69, 9.17) is 4.74 Å². The van der Waals surface area contributed by atoms with E-state index in [0.29, 0.717) is 13.2 Å². The smallest absolute Gasteiger partial charge is 0.320 e. The normalized spacial score (nSPS) is 18.4. The molecule has 0 bridgehead atoms. The average Bonchev–Trinajstić information content (AvgIpc) is 2.30. The molecule has 6 nitrogen and oxygen atoms in total. The van der Waals surface area contributed by atoms with Gasteiger partial charge in [0, 0.05) is 19.1 Å². The van der Waals surface area contributed by atoms with E-state index in [2.05, 4.69) is 4.72 Å². The van der Waals surface area contributed by atoms with Gasteiger partial charge < -0.3 is 4.74 Å². The van der Waals surface area contributed by atoms with Gasteiger partial charge in [-0.2, -0.15) is 0 Å². The van der Waals surface area contributed by atoms with Gasteiger partial charge in [0.25, 0.3) is 0 Å². The number of sulfonamides is 1. The molecule has 1 aliphatic heterocycles. The van der Waals surface area contributed by atoms with E-state index in [1.165, 1.54) is 6.26 Å². The van der Waals surface area contributed by atoms with Crippen LogP contribution in [0.15, 0.2) is 0 Å². The number of piperidine rings is 1. The summed E-state index contributed by atoms with van der Waals surface area (Å²) in [6.45, 7) is 4.27. The van der Waals surface area contributed by atoms with Crippen molar-refractivity contribution < 1.29 is 17.9 Å². The third kappa shape index (κ3) is 7.49. The molecule has 0 aromatic rings. The molecule has 1 heterocycles. The van der Waals surface area contributed by atoms with E-state index >= 15 is 0 Å². The largest absolute Gasteiger partial charge is 0.465 e. The minimum absolute atomic E-state index is 0.0117. The van der Waals surface area contributed by atoms with Crippen LogP contribution in [0.2, 0.25) is 0 Å². The SMILES string of the molecule is CCCCOC(=O)CN1CCC(NS(C)(=O)=O)CC1. The first-order valence-electron chi connectivity index (χ1n) is 6.76. The van der Waals surface area contributed by atoms with E-state index in [9.17, 15) is 13.2 Å². The number of nitrogens with one attached hydrogen (secondary N) is 1. The fourth-order valence-electron chi connectivity index (χ4n) is 2.07. The Morgan fingerprint density at radius 1 is 1.37 bits per heavy atom. The number of esters is 1. The summed E-state index contributed by atoms with van der Waals surface area (Å²) in [5.41, 5.74) is 0. The third-order valence-corrected chi connectivity index (χ3v) is 3.84. The van der Waals surface area contributed by atoms with Crippen LogP contribution in [0.25, 0.3) is 0 Å². The maximum atomic E-state index is 11.5. The quantitative estimate of drug-likeness (QED) is 0.541. The average molecular weight is 292 g/mol. The second-order valence-corrected chi connectivity index (χ2v) is 6.79. The maximum Gasteiger partial charge on any atom is 0.320 e. The van der Waals surface area contributed by atoms with Gasteiger partial charge in [-0.05, 0) is 19.3 Å². The van der Waals surface area contributed by atoms with Crippen LogP contribution in [0.3, 0.4) is 0 Å². The molecule has 0 amide bonds. The minimum Gasteiger partial charge on any atom is -0.465 e. The number of rotatable bonds is 7. The van der Waals surface area contributed by atoms with Crippen LogP contribution in [0.1, 0.15) is 32.6 Å². The summed E-state index contributed by atoms with van der Waals surface area (Å²) < 4.78 is 29.9. The molecule has 0 aliphatic carbocycles. The molecule has 7 heteroatoms. The van der Waals surface area contributed by atoms with E-state index in [1.807, 2.05) is 11.8 Å². The van der Waals surface area contributed by atoms with Crippen molar-refractivity contribution >= 4 is 16.0 Å². The summed E-state index contributed by atoms with van der Waals surface area (Å²) in [4.78, 5) is 13.5. The van der Waals surface area contributed by atoms with Gasteiger partial charge in [0.05, 0.1) is 19.4 Å². The van der Waals surface area contributed by atoms with Crippen LogP contribution in [-0.4, -0.2) is 57.8 Å². The molecule has 112 valence electrons. The van der Waals surface area contributed by atoms with Gasteiger partial charge in [-0.15, -0.1) is 0 Å². The molecule has 0 aromatic carbocycles. The first kappa shape index (κ1) is 16.4. The highest BCUT2D eigenvalue weighted by molar-refractivity contribution is 7.88. The van der Waals surface area contributed by atoms with Crippen LogP contribution in [0.5, 0.6) is 0 Å². The van der Waals surface area contributed by atoms with E-state index in [1.54, 1.807) is 0 Å². The van der Waals surface area contributed by atoms with E-state index < -0.39 is 10.0 Å². The van der Waals surface area contributed by atoms with Gasteiger partial charge in [0.15, 0.2) is 0 Å². The van der Waals surface area contributed by atoms with Crippen LogP contribution in [0, 0.1) is 0 Å². The predicted molar refractivity (Wildman–Crippen MR) is 73.3 cm³/mol. The van der Waals surface area contributed by atoms with Crippen LogP contribution >= 0.6 is 0 Å². The summed E-state index contributed by atoms with van der Waals surface area (Å²) in [5, 5.41) is 0. The second kappa shape index (κ2) is 7.81. The second-order valence-electron chi connectivity index (χ2n) is 5.01. The molecule has 0 aromatic heterocycles. The summed E-state index contributed by atoms with van der Waals surface area (Å²) in [5.74, 6) is -0.192. The topological polar surface area (TPSA) is 75.7 Å². The van der Waals surface area contributed by atoms with Crippen molar-refractivity contribution in [2.24, 2.45) is 0 Å². The monoisotopic (exact) mass is 292 g/mol. The lowest BCUT2D eigenvalue weighted by Crippen LogP contribution is -2.45. The molecule has 0 atom stereocenters. The Kier molecular flexibility index (Phi) is 6.74. The Bertz CT molecular complexity index is 375. The van der Waals surface area contributed by atoms with E-state index in [0.717, 1.165) is 38.8 Å². The van der Waals surface area contributed by atoms with Crippen molar-refractivity contribution in [2.45, 2.75) is 38.6 Å². The Hall–Kier alpha value is -0.660. The summed E-state index contributed by atoms with van der Waals surface area (Å²) in [6.07, 6.45) is 4.54. The molecule has 1 aliphatic rings. The zero-order valence-electron chi connectivity index (χ0n) is 11.7. The van der Waals surface area contributed by atoms with Gasteiger partial charge in [0.1, 0.15) is 0 Å². The first-order chi connectivity index (χ1) is 8.90. The highest BCUT2D eigenvalue weighted by Gasteiger charge is 2.23. The standard InChI is InChI=1S/C12H24N2O4S/c1-3-4-9-18-12(15)10-14-7-5-11(6-8-14)13-19(2,16)17/h11,13H,3-10H2,1-2H3. The maximum absolute atomic E-state index is 11.5. The molecule has 0 radical (unpaired) electrons. The number of unbranched alkanes of at least 4 members (excludes halogenated alkanes) is 1. The lowest BCUT2D eigenvalue weighted by Gasteiger charge is -2.31. The lowest BCUT2D eigenvalue weighted by molar-refractivity contribution is -0.145. The number of ether oxygens (including phenoxy) is 1. The van der Waals surface area contributed by atoms with Gasteiger partial charge in [-0.3, -0.25) is 9.69 Å². The number of likely N-dealkylation sites (tertiary alicyclic amines) is 1. The summed E-state index contributed by atoms with van der Waals surface area (Å²) in [6, 6.07) is -0.0117.